The standard InChI is InChI=1S/C12H12N2O5S2/c1-2-19-11-4-3-8(6-13-11)14-21(17,18)9-5-10(12(15)16)20-7-9/h3-7,14H,2H2,1H3,(H,15,16). The lowest BCUT2D eigenvalue weighted by atomic mass is 10.4. The summed E-state index contributed by atoms with van der Waals surface area (Å²) in [5, 5.41) is 10.1. The normalized spacial score (nSPS) is 11.1. The fourth-order valence-electron chi connectivity index (χ4n) is 1.46. The summed E-state index contributed by atoms with van der Waals surface area (Å²) >= 11 is 0.850. The first-order valence-corrected chi connectivity index (χ1v) is 8.22. The van der Waals surface area contributed by atoms with Crippen LogP contribution in [0.2, 0.25) is 0 Å². The highest BCUT2D eigenvalue weighted by atomic mass is 32.2. The topological polar surface area (TPSA) is 106 Å². The molecule has 112 valence electrons. The molecule has 0 aliphatic heterocycles. The molecule has 0 unspecified atom stereocenters. The lowest BCUT2D eigenvalue weighted by molar-refractivity contribution is 0.0702. The van der Waals surface area contributed by atoms with Gasteiger partial charge in [-0.1, -0.05) is 0 Å². The molecule has 0 aromatic carbocycles. The number of sulfonamides is 1. The van der Waals surface area contributed by atoms with Crippen LogP contribution < -0.4 is 9.46 Å². The number of carbonyl (C=O) groups is 1. The summed E-state index contributed by atoms with van der Waals surface area (Å²) in [6, 6.07) is 4.16. The average Bonchev–Trinajstić information content (AvgIpc) is 2.92. The van der Waals surface area contributed by atoms with Crippen LogP contribution in [0.25, 0.3) is 0 Å². The minimum Gasteiger partial charge on any atom is -0.478 e. The third-order valence-corrected chi connectivity index (χ3v) is 4.81. The summed E-state index contributed by atoms with van der Waals surface area (Å²) < 4.78 is 31.7. The van der Waals surface area contributed by atoms with Crippen molar-refractivity contribution in [3.8, 4) is 5.88 Å². The number of carboxylic acid groups (broad SMARTS) is 1. The fourth-order valence-corrected chi connectivity index (χ4v) is 3.61. The molecule has 2 rings (SSSR count). The molecule has 0 atom stereocenters. The molecule has 2 heterocycles. The number of nitrogens with one attached hydrogen (secondary N) is 1. The van der Waals surface area contributed by atoms with Gasteiger partial charge in [0.25, 0.3) is 10.0 Å². The molecular weight excluding hydrogens is 316 g/mol. The van der Waals surface area contributed by atoms with Gasteiger partial charge in [0.15, 0.2) is 0 Å². The molecule has 2 aromatic rings. The van der Waals surface area contributed by atoms with E-state index in [-0.39, 0.29) is 15.5 Å². The maximum atomic E-state index is 12.1. The van der Waals surface area contributed by atoms with Gasteiger partial charge in [0.1, 0.15) is 4.88 Å². The SMILES string of the molecule is CCOc1ccc(NS(=O)(=O)c2csc(C(=O)O)c2)cn1. The van der Waals surface area contributed by atoms with Gasteiger partial charge in [-0.15, -0.1) is 11.3 Å². The number of thiophene rings is 1. The number of hydrogen-bond donors (Lipinski definition) is 2. The molecule has 0 aliphatic carbocycles. The van der Waals surface area contributed by atoms with Gasteiger partial charge in [-0.25, -0.2) is 18.2 Å². The van der Waals surface area contributed by atoms with Gasteiger partial charge >= 0.3 is 5.97 Å². The van der Waals surface area contributed by atoms with Crippen LogP contribution in [0.1, 0.15) is 16.6 Å². The molecule has 0 radical (unpaired) electrons. The Kier molecular flexibility index (Phi) is 4.43. The molecule has 2 aromatic heterocycles. The van der Waals surface area contributed by atoms with Crippen LogP contribution in [0.15, 0.2) is 34.7 Å². The zero-order valence-corrected chi connectivity index (χ0v) is 12.6. The Morgan fingerprint density at radius 2 is 2.24 bits per heavy atom. The maximum absolute atomic E-state index is 12.1. The number of aromatic carboxylic acids is 1. The highest BCUT2D eigenvalue weighted by molar-refractivity contribution is 7.92. The number of rotatable bonds is 6. The van der Waals surface area contributed by atoms with Crippen molar-refractivity contribution in [3.63, 3.8) is 0 Å². The van der Waals surface area contributed by atoms with Crippen molar-refractivity contribution in [2.24, 2.45) is 0 Å². The van der Waals surface area contributed by atoms with Crippen molar-refractivity contribution in [3.05, 3.63) is 34.7 Å². The van der Waals surface area contributed by atoms with Crippen molar-refractivity contribution in [2.75, 3.05) is 11.3 Å². The number of pyridine rings is 1. The first kappa shape index (κ1) is 15.3. The molecule has 0 aliphatic rings. The quantitative estimate of drug-likeness (QED) is 0.840. The summed E-state index contributed by atoms with van der Waals surface area (Å²) in [7, 11) is -3.83. The Morgan fingerprint density at radius 3 is 2.76 bits per heavy atom. The predicted octanol–water partition coefficient (Wildman–Crippen LogP) is 2.04. The van der Waals surface area contributed by atoms with Gasteiger partial charge in [0, 0.05) is 11.4 Å². The molecule has 0 spiro atoms. The monoisotopic (exact) mass is 328 g/mol. The molecular formula is C12H12N2O5S2. The second-order valence-electron chi connectivity index (χ2n) is 3.88. The first-order chi connectivity index (χ1) is 9.92. The van der Waals surface area contributed by atoms with Gasteiger partial charge in [0.05, 0.1) is 23.4 Å². The molecule has 0 saturated carbocycles. The Bertz CT molecular complexity index is 737. The molecule has 9 heteroatoms. The van der Waals surface area contributed by atoms with Gasteiger partial charge in [-0.2, -0.15) is 0 Å². The van der Waals surface area contributed by atoms with E-state index < -0.39 is 16.0 Å². The number of aromatic nitrogens is 1. The van der Waals surface area contributed by atoms with Crippen LogP contribution in [0.3, 0.4) is 0 Å². The van der Waals surface area contributed by atoms with E-state index in [0.29, 0.717) is 12.5 Å². The van der Waals surface area contributed by atoms with E-state index in [0.717, 1.165) is 17.4 Å². The van der Waals surface area contributed by atoms with Crippen LogP contribution in [-0.2, 0) is 10.0 Å². The number of anilines is 1. The Hall–Kier alpha value is -2.13. The van der Waals surface area contributed by atoms with E-state index in [9.17, 15) is 13.2 Å². The molecule has 0 bridgehead atoms. The van der Waals surface area contributed by atoms with E-state index in [1.807, 2.05) is 6.92 Å². The van der Waals surface area contributed by atoms with Crippen molar-refractivity contribution < 1.29 is 23.1 Å². The van der Waals surface area contributed by atoms with Crippen molar-refractivity contribution >= 4 is 33.0 Å². The van der Waals surface area contributed by atoms with E-state index in [1.165, 1.54) is 23.7 Å². The summed E-state index contributed by atoms with van der Waals surface area (Å²) in [4.78, 5) is 14.6. The molecule has 0 saturated heterocycles. The lowest BCUT2D eigenvalue weighted by Crippen LogP contribution is -2.12. The Labute approximate surface area is 125 Å². The third kappa shape index (κ3) is 3.70. The van der Waals surface area contributed by atoms with Crippen LogP contribution in [0.4, 0.5) is 5.69 Å². The fraction of sp³-hybridized carbons (Fsp3) is 0.167. The van der Waals surface area contributed by atoms with Gasteiger partial charge in [-0.3, -0.25) is 4.72 Å². The van der Waals surface area contributed by atoms with E-state index in [1.54, 1.807) is 0 Å². The van der Waals surface area contributed by atoms with Gasteiger partial charge in [0.2, 0.25) is 5.88 Å². The van der Waals surface area contributed by atoms with E-state index in [4.69, 9.17) is 9.84 Å². The molecule has 7 nitrogen and oxygen atoms in total. The largest absolute Gasteiger partial charge is 0.478 e. The second-order valence-corrected chi connectivity index (χ2v) is 6.47. The smallest absolute Gasteiger partial charge is 0.345 e. The minimum atomic E-state index is -3.83. The van der Waals surface area contributed by atoms with Gasteiger partial charge in [-0.05, 0) is 19.1 Å². The zero-order valence-electron chi connectivity index (χ0n) is 10.9. The summed E-state index contributed by atoms with van der Waals surface area (Å²) in [6.45, 7) is 2.28. The highest BCUT2D eigenvalue weighted by Crippen LogP contribution is 2.22. The highest BCUT2D eigenvalue weighted by Gasteiger charge is 2.18. The summed E-state index contributed by atoms with van der Waals surface area (Å²) in [6.07, 6.45) is 1.33. The minimum absolute atomic E-state index is 0.0415. The van der Waals surface area contributed by atoms with Crippen molar-refractivity contribution in [2.45, 2.75) is 11.8 Å². The molecule has 21 heavy (non-hydrogen) atoms. The molecule has 0 amide bonds. The number of ether oxygens (including phenoxy) is 1. The second kappa shape index (κ2) is 6.10. The van der Waals surface area contributed by atoms with Crippen LogP contribution >= 0.6 is 11.3 Å². The predicted molar refractivity (Wildman–Crippen MR) is 77.5 cm³/mol. The number of nitrogens with zero attached hydrogens (tertiary/aromatic N) is 1. The van der Waals surface area contributed by atoms with Crippen molar-refractivity contribution in [1.29, 1.82) is 0 Å². The summed E-state index contributed by atoms with van der Waals surface area (Å²) in [5.74, 6) is -0.770. The zero-order chi connectivity index (χ0) is 15.5. The molecule has 0 fully saturated rings. The number of carboxylic acids is 1. The average molecular weight is 328 g/mol. The Morgan fingerprint density at radius 1 is 1.48 bits per heavy atom. The van der Waals surface area contributed by atoms with Gasteiger partial charge < -0.3 is 9.84 Å². The first-order valence-electron chi connectivity index (χ1n) is 5.86. The van der Waals surface area contributed by atoms with Crippen LogP contribution in [0, 0.1) is 0 Å². The van der Waals surface area contributed by atoms with E-state index in [2.05, 4.69) is 9.71 Å². The van der Waals surface area contributed by atoms with E-state index >= 15 is 0 Å². The Balaban J connectivity index is 2.18. The number of hydrogen-bond acceptors (Lipinski definition) is 6. The van der Waals surface area contributed by atoms with Crippen molar-refractivity contribution in [1.82, 2.24) is 4.98 Å². The maximum Gasteiger partial charge on any atom is 0.345 e. The molecule has 2 N–H and O–H groups in total. The van der Waals surface area contributed by atoms with Crippen LogP contribution in [0.5, 0.6) is 5.88 Å². The lowest BCUT2D eigenvalue weighted by Gasteiger charge is -2.07. The third-order valence-electron chi connectivity index (χ3n) is 2.38. The summed E-state index contributed by atoms with van der Waals surface area (Å²) in [5.41, 5.74) is 0.265. The van der Waals surface area contributed by atoms with Crippen LogP contribution in [-0.4, -0.2) is 31.1 Å².